The summed E-state index contributed by atoms with van der Waals surface area (Å²) in [6.45, 7) is 2.97. The van der Waals surface area contributed by atoms with Crippen LogP contribution in [0.5, 0.6) is 17.2 Å². The largest absolute Gasteiger partial charge is 0.493 e. The van der Waals surface area contributed by atoms with E-state index in [-0.39, 0.29) is 23.6 Å². The number of carbonyl (C=O) groups is 3. The van der Waals surface area contributed by atoms with E-state index in [0.717, 1.165) is 0 Å². The van der Waals surface area contributed by atoms with Gasteiger partial charge in [-0.25, -0.2) is 9.59 Å². The zero-order valence-corrected chi connectivity index (χ0v) is 14.2. The van der Waals surface area contributed by atoms with Crippen LogP contribution in [0.25, 0.3) is 0 Å². The van der Waals surface area contributed by atoms with Crippen molar-refractivity contribution in [2.24, 2.45) is 0 Å². The number of methoxy groups -OCH3 is 3. The van der Waals surface area contributed by atoms with E-state index in [9.17, 15) is 14.4 Å². The SMILES string of the molecule is C=CCNC(=O)NC(=O)COC(=O)c1ccc(OC)c(OC)c1OC. The van der Waals surface area contributed by atoms with Gasteiger partial charge >= 0.3 is 12.0 Å². The molecule has 9 nitrogen and oxygen atoms in total. The lowest BCUT2D eigenvalue weighted by molar-refractivity contribution is -0.123. The van der Waals surface area contributed by atoms with Crippen LogP contribution in [0.1, 0.15) is 10.4 Å². The summed E-state index contributed by atoms with van der Waals surface area (Å²) in [5.74, 6) is -0.912. The van der Waals surface area contributed by atoms with Crippen LogP contribution >= 0.6 is 0 Å². The first-order chi connectivity index (χ1) is 12.0. The van der Waals surface area contributed by atoms with Gasteiger partial charge in [-0.15, -0.1) is 6.58 Å². The third-order valence-corrected chi connectivity index (χ3v) is 2.92. The predicted octanol–water partition coefficient (Wildman–Crippen LogP) is 0.881. The highest BCUT2D eigenvalue weighted by Gasteiger charge is 2.22. The Balaban J connectivity index is 2.76. The predicted molar refractivity (Wildman–Crippen MR) is 88.1 cm³/mol. The maximum absolute atomic E-state index is 12.2. The van der Waals surface area contributed by atoms with E-state index in [1.807, 2.05) is 5.32 Å². The van der Waals surface area contributed by atoms with Crippen molar-refractivity contribution >= 4 is 17.9 Å². The van der Waals surface area contributed by atoms with Crippen molar-refractivity contribution in [3.05, 3.63) is 30.4 Å². The molecular formula is C16H20N2O7. The molecule has 25 heavy (non-hydrogen) atoms. The summed E-state index contributed by atoms with van der Waals surface area (Å²) in [5, 5.41) is 4.35. The average molecular weight is 352 g/mol. The molecule has 136 valence electrons. The number of amides is 3. The van der Waals surface area contributed by atoms with Crippen LogP contribution in [0.4, 0.5) is 4.79 Å². The Hall–Kier alpha value is -3.23. The summed E-state index contributed by atoms with van der Waals surface area (Å²) >= 11 is 0. The van der Waals surface area contributed by atoms with Crippen molar-refractivity contribution in [3.8, 4) is 17.2 Å². The Morgan fingerprint density at radius 2 is 1.76 bits per heavy atom. The second kappa shape index (κ2) is 9.81. The van der Waals surface area contributed by atoms with Crippen molar-refractivity contribution in [3.63, 3.8) is 0 Å². The Morgan fingerprint density at radius 3 is 2.32 bits per heavy atom. The number of carbonyl (C=O) groups excluding carboxylic acids is 3. The molecule has 1 aromatic carbocycles. The van der Waals surface area contributed by atoms with Crippen LogP contribution in [0.15, 0.2) is 24.8 Å². The molecular weight excluding hydrogens is 332 g/mol. The normalized spacial score (nSPS) is 9.56. The molecule has 1 rings (SSSR count). The molecule has 1 aromatic rings. The van der Waals surface area contributed by atoms with E-state index < -0.39 is 24.5 Å². The lowest BCUT2D eigenvalue weighted by Gasteiger charge is -2.15. The van der Waals surface area contributed by atoms with Crippen molar-refractivity contribution < 1.29 is 33.3 Å². The number of ether oxygens (including phenoxy) is 4. The number of imide groups is 1. The first kappa shape index (κ1) is 19.8. The number of hydrogen-bond donors (Lipinski definition) is 2. The summed E-state index contributed by atoms with van der Waals surface area (Å²) in [7, 11) is 4.19. The number of rotatable bonds is 8. The molecule has 0 radical (unpaired) electrons. The van der Waals surface area contributed by atoms with Crippen molar-refractivity contribution in [1.29, 1.82) is 0 Å². The van der Waals surface area contributed by atoms with Crippen molar-refractivity contribution in [2.75, 3.05) is 34.5 Å². The Morgan fingerprint density at radius 1 is 1.08 bits per heavy atom. The molecule has 0 aromatic heterocycles. The maximum atomic E-state index is 12.2. The van der Waals surface area contributed by atoms with Gasteiger partial charge in [-0.05, 0) is 12.1 Å². The number of esters is 1. The Bertz CT molecular complexity index is 658. The fourth-order valence-corrected chi connectivity index (χ4v) is 1.84. The summed E-state index contributed by atoms with van der Waals surface area (Å²) in [4.78, 5) is 35.0. The van der Waals surface area contributed by atoms with E-state index in [2.05, 4.69) is 11.9 Å². The van der Waals surface area contributed by atoms with Gasteiger partial charge in [-0.3, -0.25) is 10.1 Å². The molecule has 9 heteroatoms. The van der Waals surface area contributed by atoms with Crippen LogP contribution < -0.4 is 24.8 Å². The highest BCUT2D eigenvalue weighted by atomic mass is 16.5. The molecule has 0 unspecified atom stereocenters. The van der Waals surface area contributed by atoms with Gasteiger partial charge in [0, 0.05) is 6.54 Å². The van der Waals surface area contributed by atoms with Crippen LogP contribution in [0, 0.1) is 0 Å². The second-order valence-corrected chi connectivity index (χ2v) is 4.50. The molecule has 0 aliphatic carbocycles. The number of benzene rings is 1. The van der Waals surface area contributed by atoms with Gasteiger partial charge in [0.15, 0.2) is 18.1 Å². The van der Waals surface area contributed by atoms with E-state index in [4.69, 9.17) is 18.9 Å². The molecule has 0 spiro atoms. The molecule has 0 aliphatic rings. The Labute approximate surface area is 144 Å². The molecule has 2 N–H and O–H groups in total. The minimum absolute atomic E-state index is 0.0454. The molecule has 0 saturated carbocycles. The van der Waals surface area contributed by atoms with E-state index in [1.54, 1.807) is 0 Å². The fraction of sp³-hybridized carbons (Fsp3) is 0.312. The monoisotopic (exact) mass is 352 g/mol. The van der Waals surface area contributed by atoms with E-state index in [0.29, 0.717) is 5.75 Å². The standard InChI is InChI=1S/C16H20N2O7/c1-5-8-17-16(21)18-12(19)9-25-15(20)10-6-7-11(22-2)14(24-4)13(10)23-3/h5-7H,1,8-9H2,2-4H3,(H2,17,18,19,21). The maximum Gasteiger partial charge on any atom is 0.342 e. The highest BCUT2D eigenvalue weighted by molar-refractivity contribution is 5.98. The van der Waals surface area contributed by atoms with Crippen molar-refractivity contribution in [1.82, 2.24) is 10.6 Å². The van der Waals surface area contributed by atoms with Crippen molar-refractivity contribution in [2.45, 2.75) is 0 Å². The van der Waals surface area contributed by atoms with Crippen LogP contribution in [0.2, 0.25) is 0 Å². The zero-order valence-electron chi connectivity index (χ0n) is 14.2. The van der Waals surface area contributed by atoms with Gasteiger partial charge in [0.2, 0.25) is 5.75 Å². The fourth-order valence-electron chi connectivity index (χ4n) is 1.84. The highest BCUT2D eigenvalue weighted by Crippen LogP contribution is 2.39. The molecule has 3 amide bonds. The number of nitrogens with one attached hydrogen (secondary N) is 2. The average Bonchev–Trinajstić information content (AvgIpc) is 2.62. The lowest BCUT2D eigenvalue weighted by atomic mass is 10.1. The van der Waals surface area contributed by atoms with Gasteiger partial charge < -0.3 is 24.3 Å². The van der Waals surface area contributed by atoms with Gasteiger partial charge in [0.25, 0.3) is 5.91 Å². The lowest BCUT2D eigenvalue weighted by Crippen LogP contribution is -2.41. The van der Waals surface area contributed by atoms with Gasteiger partial charge in [0.05, 0.1) is 21.3 Å². The third kappa shape index (κ3) is 5.41. The first-order valence-electron chi connectivity index (χ1n) is 7.13. The van der Waals surface area contributed by atoms with Gasteiger partial charge in [0.1, 0.15) is 5.56 Å². The summed E-state index contributed by atoms with van der Waals surface area (Å²) in [6.07, 6.45) is 1.45. The summed E-state index contributed by atoms with van der Waals surface area (Å²) in [6, 6.07) is 2.20. The quantitative estimate of drug-likeness (QED) is 0.527. The first-order valence-corrected chi connectivity index (χ1v) is 7.13. The molecule has 0 atom stereocenters. The molecule has 0 bridgehead atoms. The minimum atomic E-state index is -0.820. The minimum Gasteiger partial charge on any atom is -0.493 e. The number of hydrogen-bond acceptors (Lipinski definition) is 7. The summed E-state index contributed by atoms with van der Waals surface area (Å²) < 4.78 is 20.3. The number of urea groups is 1. The molecule has 0 saturated heterocycles. The Kier molecular flexibility index (Phi) is 7.77. The third-order valence-electron chi connectivity index (χ3n) is 2.92. The topological polar surface area (TPSA) is 112 Å². The molecule has 0 fully saturated rings. The zero-order chi connectivity index (χ0) is 18.8. The van der Waals surface area contributed by atoms with Crippen LogP contribution in [0.3, 0.4) is 0 Å². The van der Waals surface area contributed by atoms with Crippen LogP contribution in [-0.2, 0) is 9.53 Å². The summed E-state index contributed by atoms with van der Waals surface area (Å²) in [5.41, 5.74) is 0.0454. The second-order valence-electron chi connectivity index (χ2n) is 4.50. The van der Waals surface area contributed by atoms with E-state index in [1.165, 1.54) is 39.5 Å². The van der Waals surface area contributed by atoms with E-state index >= 15 is 0 Å². The molecule has 0 heterocycles. The smallest absolute Gasteiger partial charge is 0.342 e. The van der Waals surface area contributed by atoms with Gasteiger partial charge in [-0.1, -0.05) is 6.08 Å². The van der Waals surface area contributed by atoms with Crippen LogP contribution in [-0.4, -0.2) is 52.4 Å². The van der Waals surface area contributed by atoms with Gasteiger partial charge in [-0.2, -0.15) is 0 Å². The molecule has 0 aliphatic heterocycles.